The quantitative estimate of drug-likeness (QED) is 0.782. The molecule has 1 rings (SSSR count). The molecule has 0 amide bonds. The fourth-order valence-electron chi connectivity index (χ4n) is 1.63. The van der Waals surface area contributed by atoms with Gasteiger partial charge in [-0.2, -0.15) is 11.8 Å². The van der Waals surface area contributed by atoms with E-state index in [-0.39, 0.29) is 6.04 Å². The number of ether oxygens (including phenoxy) is 1. The molecule has 0 aliphatic heterocycles. The third-order valence-electron chi connectivity index (χ3n) is 2.40. The maximum Gasteiger partial charge on any atom is 0.122 e. The molecule has 0 bridgehead atoms. The van der Waals surface area contributed by atoms with E-state index in [4.69, 9.17) is 10.5 Å². The van der Waals surface area contributed by atoms with Gasteiger partial charge in [0.1, 0.15) is 5.75 Å². The molecule has 0 aliphatic rings. The van der Waals surface area contributed by atoms with E-state index in [2.05, 4.69) is 28.9 Å². The van der Waals surface area contributed by atoms with Crippen molar-refractivity contribution in [1.29, 1.82) is 0 Å². The predicted molar refractivity (Wildman–Crippen MR) is 80.0 cm³/mol. The van der Waals surface area contributed by atoms with Crippen molar-refractivity contribution in [3.05, 3.63) is 28.2 Å². The highest BCUT2D eigenvalue weighted by molar-refractivity contribution is 9.10. The Morgan fingerprint density at radius 3 is 2.88 bits per heavy atom. The van der Waals surface area contributed by atoms with Gasteiger partial charge in [0.15, 0.2) is 0 Å². The Kier molecular flexibility index (Phi) is 7.00. The minimum atomic E-state index is 0.190. The number of methoxy groups -OCH3 is 1. The minimum absolute atomic E-state index is 0.190. The lowest BCUT2D eigenvalue weighted by molar-refractivity contribution is 0.408. The Morgan fingerprint density at radius 1 is 1.47 bits per heavy atom. The second kappa shape index (κ2) is 8.01. The number of rotatable bonds is 7. The van der Waals surface area contributed by atoms with Crippen LogP contribution < -0.4 is 10.5 Å². The van der Waals surface area contributed by atoms with Gasteiger partial charge in [-0.15, -0.1) is 0 Å². The molecule has 4 heteroatoms. The lowest BCUT2D eigenvalue weighted by Gasteiger charge is -2.14. The van der Waals surface area contributed by atoms with Gasteiger partial charge in [-0.25, -0.2) is 0 Å². The molecule has 0 saturated heterocycles. The molecular weight excluding hydrogens is 298 g/mol. The van der Waals surface area contributed by atoms with E-state index in [1.807, 2.05) is 23.9 Å². The minimum Gasteiger partial charge on any atom is -0.496 e. The van der Waals surface area contributed by atoms with Crippen LogP contribution in [0, 0.1) is 0 Å². The van der Waals surface area contributed by atoms with Crippen molar-refractivity contribution in [2.45, 2.75) is 25.8 Å². The van der Waals surface area contributed by atoms with E-state index < -0.39 is 0 Å². The average Bonchev–Trinajstić information content (AvgIpc) is 2.29. The highest BCUT2D eigenvalue weighted by Gasteiger charge is 2.09. The number of benzene rings is 1. The Hall–Kier alpha value is -0.190. The SMILES string of the molecule is CCCSCC(N)Cc1cc(Br)ccc1OC. The summed E-state index contributed by atoms with van der Waals surface area (Å²) in [5, 5.41) is 0. The highest BCUT2D eigenvalue weighted by Crippen LogP contribution is 2.24. The summed E-state index contributed by atoms with van der Waals surface area (Å²) in [4.78, 5) is 0. The molecule has 0 aliphatic carbocycles. The van der Waals surface area contributed by atoms with Gasteiger partial charge >= 0.3 is 0 Å². The van der Waals surface area contributed by atoms with Crippen molar-refractivity contribution in [2.75, 3.05) is 18.6 Å². The molecule has 0 fully saturated rings. The van der Waals surface area contributed by atoms with Gasteiger partial charge in [0.05, 0.1) is 7.11 Å². The van der Waals surface area contributed by atoms with Gasteiger partial charge in [0.2, 0.25) is 0 Å². The molecule has 1 unspecified atom stereocenters. The first-order chi connectivity index (χ1) is 8.17. The maximum absolute atomic E-state index is 6.13. The van der Waals surface area contributed by atoms with Crippen molar-refractivity contribution in [1.82, 2.24) is 0 Å². The summed E-state index contributed by atoms with van der Waals surface area (Å²) in [6, 6.07) is 6.24. The molecule has 17 heavy (non-hydrogen) atoms. The molecule has 2 N–H and O–H groups in total. The second-order valence-corrected chi connectivity index (χ2v) is 6.06. The van der Waals surface area contributed by atoms with Crippen LogP contribution in [0.2, 0.25) is 0 Å². The average molecular weight is 318 g/mol. The van der Waals surface area contributed by atoms with Gasteiger partial charge in [0.25, 0.3) is 0 Å². The van der Waals surface area contributed by atoms with Crippen molar-refractivity contribution in [2.24, 2.45) is 5.73 Å². The Bertz CT molecular complexity index is 346. The molecule has 96 valence electrons. The Labute approximate surface area is 116 Å². The first kappa shape index (κ1) is 14.9. The van der Waals surface area contributed by atoms with Gasteiger partial charge in [-0.05, 0) is 42.4 Å². The zero-order valence-corrected chi connectivity index (χ0v) is 12.8. The molecule has 2 nitrogen and oxygen atoms in total. The van der Waals surface area contributed by atoms with Crippen LogP contribution in [-0.4, -0.2) is 24.7 Å². The van der Waals surface area contributed by atoms with E-state index >= 15 is 0 Å². The second-order valence-electron chi connectivity index (χ2n) is 4.00. The third-order valence-corrected chi connectivity index (χ3v) is 4.26. The number of hydrogen-bond acceptors (Lipinski definition) is 3. The van der Waals surface area contributed by atoms with Gasteiger partial charge in [0, 0.05) is 16.3 Å². The number of halogens is 1. The molecule has 0 aromatic heterocycles. The largest absolute Gasteiger partial charge is 0.496 e. The summed E-state index contributed by atoms with van der Waals surface area (Å²) in [6.07, 6.45) is 2.07. The number of hydrogen-bond donors (Lipinski definition) is 1. The van der Waals surface area contributed by atoms with Gasteiger partial charge in [-0.1, -0.05) is 22.9 Å². The smallest absolute Gasteiger partial charge is 0.122 e. The molecule has 1 atom stereocenters. The van der Waals surface area contributed by atoms with Gasteiger partial charge < -0.3 is 10.5 Å². The monoisotopic (exact) mass is 317 g/mol. The first-order valence-electron chi connectivity index (χ1n) is 5.83. The Morgan fingerprint density at radius 2 is 2.24 bits per heavy atom. The van der Waals surface area contributed by atoms with E-state index in [1.165, 1.54) is 17.7 Å². The summed E-state index contributed by atoms with van der Waals surface area (Å²) >= 11 is 5.40. The van der Waals surface area contributed by atoms with Crippen molar-refractivity contribution >= 4 is 27.7 Å². The fourth-order valence-corrected chi connectivity index (χ4v) is 2.91. The van der Waals surface area contributed by atoms with Crippen LogP contribution in [0.25, 0.3) is 0 Å². The molecule has 1 aromatic rings. The van der Waals surface area contributed by atoms with Crippen molar-refractivity contribution in [3.8, 4) is 5.75 Å². The number of thioether (sulfide) groups is 1. The fraction of sp³-hybridized carbons (Fsp3) is 0.538. The molecule has 0 spiro atoms. The standard InChI is InChI=1S/C13H20BrNOS/c1-3-6-17-9-12(15)8-10-7-11(14)4-5-13(10)16-2/h4-5,7,12H,3,6,8-9,15H2,1-2H3. The van der Waals surface area contributed by atoms with Crippen LogP contribution in [0.4, 0.5) is 0 Å². The molecule has 0 radical (unpaired) electrons. The van der Waals surface area contributed by atoms with Crippen LogP contribution in [0.15, 0.2) is 22.7 Å². The van der Waals surface area contributed by atoms with Crippen LogP contribution in [0.5, 0.6) is 5.75 Å². The summed E-state index contributed by atoms with van der Waals surface area (Å²) in [6.45, 7) is 2.19. The van der Waals surface area contributed by atoms with Crippen LogP contribution in [-0.2, 0) is 6.42 Å². The summed E-state index contributed by atoms with van der Waals surface area (Å²) in [7, 11) is 1.70. The maximum atomic E-state index is 6.13. The van der Waals surface area contributed by atoms with Crippen molar-refractivity contribution in [3.63, 3.8) is 0 Å². The van der Waals surface area contributed by atoms with E-state index in [1.54, 1.807) is 7.11 Å². The van der Waals surface area contributed by atoms with Crippen LogP contribution in [0.3, 0.4) is 0 Å². The molecular formula is C13H20BrNOS. The van der Waals surface area contributed by atoms with E-state index in [0.29, 0.717) is 0 Å². The first-order valence-corrected chi connectivity index (χ1v) is 7.77. The summed E-state index contributed by atoms with van der Waals surface area (Å²) in [5.41, 5.74) is 7.30. The summed E-state index contributed by atoms with van der Waals surface area (Å²) in [5.74, 6) is 3.11. The molecule has 0 saturated carbocycles. The Balaban J connectivity index is 2.57. The van der Waals surface area contributed by atoms with E-state index in [9.17, 15) is 0 Å². The van der Waals surface area contributed by atoms with Crippen molar-refractivity contribution < 1.29 is 4.74 Å². The lowest BCUT2D eigenvalue weighted by Crippen LogP contribution is -2.26. The highest BCUT2D eigenvalue weighted by atomic mass is 79.9. The molecule has 0 heterocycles. The lowest BCUT2D eigenvalue weighted by atomic mass is 10.1. The normalized spacial score (nSPS) is 12.5. The van der Waals surface area contributed by atoms with E-state index in [0.717, 1.165) is 22.4 Å². The third kappa shape index (κ3) is 5.32. The predicted octanol–water partition coefficient (Wildman–Crippen LogP) is 3.47. The van der Waals surface area contributed by atoms with Crippen LogP contribution in [0.1, 0.15) is 18.9 Å². The zero-order chi connectivity index (χ0) is 12.7. The molecule has 1 aromatic carbocycles. The van der Waals surface area contributed by atoms with Crippen LogP contribution >= 0.6 is 27.7 Å². The summed E-state index contributed by atoms with van der Waals surface area (Å²) < 4.78 is 6.41. The zero-order valence-electron chi connectivity index (χ0n) is 10.4. The number of nitrogens with two attached hydrogens (primary N) is 1. The van der Waals surface area contributed by atoms with Gasteiger partial charge in [-0.3, -0.25) is 0 Å². The topological polar surface area (TPSA) is 35.2 Å².